The SMILES string of the molecule is CCNC(=O)C(Cc1ccccc1)N(Cc1ccc(F)cc1)C(=O)CSCc1c(Cl)cccc1Cl. The van der Waals surface area contributed by atoms with Gasteiger partial charge in [-0.05, 0) is 47.9 Å². The van der Waals surface area contributed by atoms with Crippen molar-refractivity contribution in [1.82, 2.24) is 10.2 Å². The fraction of sp³-hybridized carbons (Fsp3) is 0.259. The van der Waals surface area contributed by atoms with E-state index in [9.17, 15) is 14.0 Å². The lowest BCUT2D eigenvalue weighted by Gasteiger charge is -2.31. The number of thioether (sulfide) groups is 1. The summed E-state index contributed by atoms with van der Waals surface area (Å²) in [4.78, 5) is 28.2. The number of nitrogens with zero attached hydrogens (tertiary/aromatic N) is 1. The molecule has 0 radical (unpaired) electrons. The second kappa shape index (κ2) is 13.5. The van der Waals surface area contributed by atoms with Gasteiger partial charge < -0.3 is 10.2 Å². The van der Waals surface area contributed by atoms with E-state index in [2.05, 4.69) is 5.32 Å². The molecular formula is C27H27Cl2FN2O2S. The van der Waals surface area contributed by atoms with Crippen LogP contribution >= 0.6 is 35.0 Å². The number of hydrogen-bond acceptors (Lipinski definition) is 3. The van der Waals surface area contributed by atoms with E-state index < -0.39 is 6.04 Å². The van der Waals surface area contributed by atoms with Crippen LogP contribution in [0.15, 0.2) is 72.8 Å². The van der Waals surface area contributed by atoms with Gasteiger partial charge in [-0.3, -0.25) is 9.59 Å². The Morgan fingerprint density at radius 2 is 1.60 bits per heavy atom. The van der Waals surface area contributed by atoms with Gasteiger partial charge in [-0.1, -0.05) is 71.7 Å². The molecule has 0 aliphatic carbocycles. The van der Waals surface area contributed by atoms with E-state index in [4.69, 9.17) is 23.2 Å². The second-order valence-corrected chi connectivity index (χ2v) is 9.74. The highest BCUT2D eigenvalue weighted by Crippen LogP contribution is 2.28. The lowest BCUT2D eigenvalue weighted by Crippen LogP contribution is -2.51. The number of benzene rings is 3. The number of halogens is 3. The summed E-state index contributed by atoms with van der Waals surface area (Å²) >= 11 is 13.9. The number of rotatable bonds is 11. The highest BCUT2D eigenvalue weighted by atomic mass is 35.5. The zero-order chi connectivity index (χ0) is 25.2. The zero-order valence-electron chi connectivity index (χ0n) is 19.3. The fourth-order valence-corrected chi connectivity index (χ4v) is 5.27. The van der Waals surface area contributed by atoms with Crippen LogP contribution in [0, 0.1) is 5.82 Å². The smallest absolute Gasteiger partial charge is 0.243 e. The Hall–Kier alpha value is -2.54. The summed E-state index contributed by atoms with van der Waals surface area (Å²) in [5.41, 5.74) is 2.45. The van der Waals surface area contributed by atoms with Crippen molar-refractivity contribution in [2.45, 2.75) is 31.7 Å². The average molecular weight is 533 g/mol. The van der Waals surface area contributed by atoms with Gasteiger partial charge in [0.05, 0.1) is 5.75 Å². The molecule has 0 fully saturated rings. The van der Waals surface area contributed by atoms with Gasteiger partial charge in [0, 0.05) is 35.3 Å². The Bertz CT molecular complexity index is 1110. The second-order valence-electron chi connectivity index (χ2n) is 7.94. The van der Waals surface area contributed by atoms with Crippen molar-refractivity contribution < 1.29 is 14.0 Å². The van der Waals surface area contributed by atoms with Crippen LogP contribution < -0.4 is 5.32 Å². The van der Waals surface area contributed by atoms with Gasteiger partial charge in [-0.25, -0.2) is 4.39 Å². The molecule has 184 valence electrons. The lowest BCUT2D eigenvalue weighted by molar-refractivity contribution is -0.139. The molecule has 1 unspecified atom stereocenters. The highest BCUT2D eigenvalue weighted by Gasteiger charge is 2.30. The van der Waals surface area contributed by atoms with E-state index in [1.165, 1.54) is 23.9 Å². The predicted molar refractivity (Wildman–Crippen MR) is 142 cm³/mol. The van der Waals surface area contributed by atoms with E-state index in [0.29, 0.717) is 28.8 Å². The molecule has 4 nitrogen and oxygen atoms in total. The molecule has 35 heavy (non-hydrogen) atoms. The van der Waals surface area contributed by atoms with Crippen molar-refractivity contribution in [3.8, 4) is 0 Å². The summed E-state index contributed by atoms with van der Waals surface area (Å²) in [6.07, 6.45) is 0.362. The average Bonchev–Trinajstić information content (AvgIpc) is 2.85. The number of likely N-dealkylation sites (N-methyl/N-ethyl adjacent to an activating group) is 1. The molecule has 1 N–H and O–H groups in total. The maximum Gasteiger partial charge on any atom is 0.243 e. The van der Waals surface area contributed by atoms with Gasteiger partial charge in [0.1, 0.15) is 11.9 Å². The highest BCUT2D eigenvalue weighted by molar-refractivity contribution is 7.99. The first-order chi connectivity index (χ1) is 16.9. The molecule has 0 aromatic heterocycles. The number of carbonyl (C=O) groups is 2. The van der Waals surface area contributed by atoms with E-state index in [1.807, 2.05) is 37.3 Å². The summed E-state index contributed by atoms with van der Waals surface area (Å²) in [5.74, 6) is -0.198. The van der Waals surface area contributed by atoms with Crippen molar-refractivity contribution in [2.75, 3.05) is 12.3 Å². The molecule has 2 amide bonds. The fourth-order valence-electron chi connectivity index (χ4n) is 3.63. The third-order valence-electron chi connectivity index (χ3n) is 5.42. The monoisotopic (exact) mass is 532 g/mol. The minimum absolute atomic E-state index is 0.132. The van der Waals surface area contributed by atoms with Gasteiger partial charge in [0.15, 0.2) is 0 Å². The number of carbonyl (C=O) groups excluding carboxylic acids is 2. The summed E-state index contributed by atoms with van der Waals surface area (Å²) < 4.78 is 13.5. The van der Waals surface area contributed by atoms with Crippen LogP contribution in [0.1, 0.15) is 23.6 Å². The van der Waals surface area contributed by atoms with Crippen molar-refractivity contribution >= 4 is 46.8 Å². The Kier molecular flexibility index (Phi) is 10.5. The van der Waals surface area contributed by atoms with Gasteiger partial charge in [0.2, 0.25) is 11.8 Å². The van der Waals surface area contributed by atoms with Crippen LogP contribution in [0.25, 0.3) is 0 Å². The topological polar surface area (TPSA) is 49.4 Å². The minimum Gasteiger partial charge on any atom is -0.355 e. The molecule has 0 saturated carbocycles. The third-order valence-corrected chi connectivity index (χ3v) is 7.07. The van der Waals surface area contributed by atoms with Crippen molar-refractivity contribution in [2.24, 2.45) is 0 Å². The molecule has 3 aromatic rings. The quantitative estimate of drug-likeness (QED) is 0.322. The van der Waals surface area contributed by atoms with E-state index in [0.717, 1.165) is 16.7 Å². The molecule has 0 bridgehead atoms. The van der Waals surface area contributed by atoms with Crippen LogP contribution in [0.4, 0.5) is 4.39 Å². The minimum atomic E-state index is -0.723. The molecule has 3 aromatic carbocycles. The maximum atomic E-state index is 13.5. The predicted octanol–water partition coefficient (Wildman–Crippen LogP) is 6.14. The zero-order valence-corrected chi connectivity index (χ0v) is 21.7. The first kappa shape index (κ1) is 27.1. The Morgan fingerprint density at radius 1 is 0.943 bits per heavy atom. The molecule has 3 rings (SSSR count). The Labute approximate surface area is 219 Å². The molecule has 8 heteroatoms. The molecule has 0 heterocycles. The Morgan fingerprint density at radius 3 is 2.23 bits per heavy atom. The van der Waals surface area contributed by atoms with Crippen molar-refractivity contribution in [1.29, 1.82) is 0 Å². The van der Waals surface area contributed by atoms with Crippen molar-refractivity contribution in [3.63, 3.8) is 0 Å². The van der Waals surface area contributed by atoms with Crippen LogP contribution in [0.3, 0.4) is 0 Å². The van der Waals surface area contributed by atoms with Crippen LogP contribution in [0.2, 0.25) is 10.0 Å². The maximum absolute atomic E-state index is 13.5. The van der Waals surface area contributed by atoms with E-state index >= 15 is 0 Å². The van der Waals surface area contributed by atoms with Gasteiger partial charge in [-0.15, -0.1) is 11.8 Å². The van der Waals surface area contributed by atoms with E-state index in [-0.39, 0.29) is 29.9 Å². The molecule has 0 aliphatic rings. The molecule has 0 saturated heterocycles. The first-order valence-corrected chi connectivity index (χ1v) is 13.2. The Balaban J connectivity index is 1.84. The van der Waals surface area contributed by atoms with Crippen molar-refractivity contribution in [3.05, 3.63) is 105 Å². The standard InChI is InChI=1S/C27H27Cl2FN2O2S/c1-2-31-27(34)25(15-19-7-4-3-5-8-19)32(16-20-11-13-21(30)14-12-20)26(33)18-35-17-22-23(28)9-6-10-24(22)29/h3-14,25H,2,15-18H2,1H3,(H,31,34). The number of nitrogens with one attached hydrogen (secondary N) is 1. The molecule has 1 atom stereocenters. The van der Waals surface area contributed by atoms with Crippen LogP contribution in [-0.4, -0.2) is 35.1 Å². The van der Waals surface area contributed by atoms with Gasteiger partial charge in [-0.2, -0.15) is 0 Å². The largest absolute Gasteiger partial charge is 0.355 e. The normalized spacial score (nSPS) is 11.7. The number of hydrogen-bond donors (Lipinski definition) is 1. The summed E-state index contributed by atoms with van der Waals surface area (Å²) in [7, 11) is 0. The van der Waals surface area contributed by atoms with Crippen LogP contribution in [0.5, 0.6) is 0 Å². The van der Waals surface area contributed by atoms with E-state index in [1.54, 1.807) is 35.2 Å². The lowest BCUT2D eigenvalue weighted by atomic mass is 10.0. The van der Waals surface area contributed by atoms with Gasteiger partial charge >= 0.3 is 0 Å². The summed E-state index contributed by atoms with van der Waals surface area (Å²) in [6, 6.07) is 20.1. The summed E-state index contributed by atoms with van der Waals surface area (Å²) in [6.45, 7) is 2.47. The molecular weight excluding hydrogens is 506 g/mol. The molecule has 0 spiro atoms. The number of amides is 2. The summed E-state index contributed by atoms with van der Waals surface area (Å²) in [5, 5.41) is 3.95. The third kappa shape index (κ3) is 7.99. The van der Waals surface area contributed by atoms with Gasteiger partial charge in [0.25, 0.3) is 0 Å². The first-order valence-electron chi connectivity index (χ1n) is 11.2. The molecule has 0 aliphatic heterocycles. The van der Waals surface area contributed by atoms with Crippen LogP contribution in [-0.2, 0) is 28.3 Å².